The van der Waals surface area contributed by atoms with E-state index >= 15 is 0 Å². The molecule has 3 aromatic rings. The van der Waals surface area contributed by atoms with Crippen molar-refractivity contribution >= 4 is 32.4 Å². The fraction of sp³-hybridized carbons (Fsp3) is 0.150. The van der Waals surface area contributed by atoms with Crippen molar-refractivity contribution in [2.45, 2.75) is 6.54 Å². The molecule has 0 fully saturated rings. The van der Waals surface area contributed by atoms with Crippen LogP contribution in [0.1, 0.15) is 5.56 Å². The highest BCUT2D eigenvalue weighted by Crippen LogP contribution is 2.20. The second-order valence-electron chi connectivity index (χ2n) is 6.33. The molecule has 0 atom stereocenters. The lowest BCUT2D eigenvalue weighted by atomic mass is 10.1. The van der Waals surface area contributed by atoms with Gasteiger partial charge in [0.25, 0.3) is 0 Å². The summed E-state index contributed by atoms with van der Waals surface area (Å²) in [6.45, 7) is -0.337. The Labute approximate surface area is 161 Å². The van der Waals surface area contributed by atoms with E-state index in [1.54, 1.807) is 0 Å². The standard InChI is InChI=1S/C20H18F2N2O3S/c1-28(26,27)24(17-8-9-18(21)19(22)11-17)13-20(25)23-12-14-6-7-15-4-2-3-5-16(15)10-14/h2-11H,12-13H2,1H3,(H,23,25). The fourth-order valence-corrected chi connectivity index (χ4v) is 3.62. The molecule has 8 heteroatoms. The highest BCUT2D eigenvalue weighted by atomic mass is 32.2. The van der Waals surface area contributed by atoms with Crippen LogP contribution >= 0.6 is 0 Å². The summed E-state index contributed by atoms with van der Waals surface area (Å²) in [7, 11) is -3.87. The summed E-state index contributed by atoms with van der Waals surface area (Å²) in [4.78, 5) is 12.3. The van der Waals surface area contributed by atoms with E-state index in [-0.39, 0.29) is 12.2 Å². The van der Waals surface area contributed by atoms with Crippen molar-refractivity contribution in [1.29, 1.82) is 0 Å². The van der Waals surface area contributed by atoms with Gasteiger partial charge in [-0.25, -0.2) is 17.2 Å². The maximum absolute atomic E-state index is 13.5. The summed E-state index contributed by atoms with van der Waals surface area (Å²) in [5, 5.41) is 4.74. The predicted molar refractivity (Wildman–Crippen MR) is 104 cm³/mol. The Balaban J connectivity index is 1.72. The van der Waals surface area contributed by atoms with Crippen molar-refractivity contribution in [1.82, 2.24) is 5.32 Å². The smallest absolute Gasteiger partial charge is 0.241 e. The van der Waals surface area contributed by atoms with Gasteiger partial charge in [-0.1, -0.05) is 36.4 Å². The SMILES string of the molecule is CS(=O)(=O)N(CC(=O)NCc1ccc2ccccc2c1)c1ccc(F)c(F)c1. The Morgan fingerprint density at radius 1 is 0.964 bits per heavy atom. The van der Waals surface area contributed by atoms with Crippen LogP contribution in [0, 0.1) is 11.6 Å². The highest BCUT2D eigenvalue weighted by molar-refractivity contribution is 7.92. The molecule has 0 saturated carbocycles. The zero-order valence-electron chi connectivity index (χ0n) is 15.0. The van der Waals surface area contributed by atoms with Crippen molar-refractivity contribution in [2.24, 2.45) is 0 Å². The molecule has 0 aliphatic carbocycles. The number of carbonyl (C=O) groups excluding carboxylic acids is 1. The molecule has 3 rings (SSSR count). The Morgan fingerprint density at radius 3 is 2.36 bits per heavy atom. The number of nitrogens with one attached hydrogen (secondary N) is 1. The minimum Gasteiger partial charge on any atom is -0.350 e. The number of amides is 1. The average molecular weight is 404 g/mol. The van der Waals surface area contributed by atoms with Gasteiger partial charge < -0.3 is 5.32 Å². The molecule has 0 aromatic heterocycles. The monoisotopic (exact) mass is 404 g/mol. The van der Waals surface area contributed by atoms with E-state index in [0.717, 1.165) is 45.1 Å². The topological polar surface area (TPSA) is 66.5 Å². The van der Waals surface area contributed by atoms with E-state index in [1.165, 1.54) is 0 Å². The molecule has 5 nitrogen and oxygen atoms in total. The number of rotatable bonds is 6. The third kappa shape index (κ3) is 4.64. The Morgan fingerprint density at radius 2 is 1.68 bits per heavy atom. The lowest BCUT2D eigenvalue weighted by molar-refractivity contribution is -0.119. The summed E-state index contributed by atoms with van der Waals surface area (Å²) in [6, 6.07) is 16.2. The maximum atomic E-state index is 13.5. The third-order valence-electron chi connectivity index (χ3n) is 4.18. The van der Waals surface area contributed by atoms with E-state index < -0.39 is 34.1 Å². The first-order valence-electron chi connectivity index (χ1n) is 8.41. The van der Waals surface area contributed by atoms with Gasteiger partial charge in [-0.15, -0.1) is 0 Å². The molecule has 3 aromatic carbocycles. The van der Waals surface area contributed by atoms with Crippen LogP contribution in [0.15, 0.2) is 60.7 Å². The first-order valence-corrected chi connectivity index (χ1v) is 10.3. The lowest BCUT2D eigenvalue weighted by Crippen LogP contribution is -2.40. The summed E-state index contributed by atoms with van der Waals surface area (Å²) in [5.74, 6) is -2.86. The average Bonchev–Trinajstić information content (AvgIpc) is 2.65. The van der Waals surface area contributed by atoms with Crippen molar-refractivity contribution in [3.05, 3.63) is 77.9 Å². The number of carbonyl (C=O) groups is 1. The first-order chi connectivity index (χ1) is 13.2. The second-order valence-corrected chi connectivity index (χ2v) is 8.23. The van der Waals surface area contributed by atoms with Crippen molar-refractivity contribution in [2.75, 3.05) is 17.1 Å². The van der Waals surface area contributed by atoms with Crippen LogP contribution < -0.4 is 9.62 Å². The largest absolute Gasteiger partial charge is 0.350 e. The molecule has 0 saturated heterocycles. The molecule has 1 N–H and O–H groups in total. The Bertz CT molecular complexity index is 1130. The van der Waals surface area contributed by atoms with Gasteiger partial charge in [0.1, 0.15) is 6.54 Å². The van der Waals surface area contributed by atoms with Crippen LogP contribution in [0.25, 0.3) is 10.8 Å². The fourth-order valence-electron chi connectivity index (χ4n) is 2.78. The molecule has 1 amide bonds. The summed E-state index contributed by atoms with van der Waals surface area (Å²) in [5.41, 5.74) is 0.730. The quantitative estimate of drug-likeness (QED) is 0.686. The molecule has 0 heterocycles. The van der Waals surface area contributed by atoms with Crippen molar-refractivity contribution in [3.63, 3.8) is 0 Å². The zero-order chi connectivity index (χ0) is 20.3. The summed E-state index contributed by atoms with van der Waals surface area (Å²) in [6.07, 6.45) is 0.894. The van der Waals surface area contributed by atoms with Crippen LogP contribution in [0.2, 0.25) is 0 Å². The molecular formula is C20H18F2N2O3S. The molecule has 0 bridgehead atoms. The van der Waals surface area contributed by atoms with Crippen LogP contribution in [0.5, 0.6) is 0 Å². The molecule has 0 aliphatic rings. The molecule has 0 spiro atoms. The normalized spacial score (nSPS) is 11.4. The second kappa shape index (κ2) is 7.93. The number of benzene rings is 3. The number of anilines is 1. The lowest BCUT2D eigenvalue weighted by Gasteiger charge is -2.22. The minimum atomic E-state index is -3.87. The van der Waals surface area contributed by atoms with Gasteiger partial charge in [0.15, 0.2) is 11.6 Å². The van der Waals surface area contributed by atoms with Gasteiger partial charge in [-0.3, -0.25) is 9.10 Å². The van der Waals surface area contributed by atoms with Gasteiger partial charge >= 0.3 is 0 Å². The summed E-state index contributed by atoms with van der Waals surface area (Å²) < 4.78 is 51.3. The van der Waals surface area contributed by atoms with Crippen LogP contribution in [-0.4, -0.2) is 27.1 Å². The maximum Gasteiger partial charge on any atom is 0.241 e. The Hall–Kier alpha value is -3.00. The van der Waals surface area contributed by atoms with Crippen molar-refractivity contribution in [3.8, 4) is 0 Å². The number of hydrogen-bond donors (Lipinski definition) is 1. The van der Waals surface area contributed by atoms with Gasteiger partial charge in [-0.2, -0.15) is 0 Å². The van der Waals surface area contributed by atoms with Gasteiger partial charge in [-0.05, 0) is 34.5 Å². The molecule has 28 heavy (non-hydrogen) atoms. The Kier molecular flexibility index (Phi) is 5.60. The third-order valence-corrected chi connectivity index (χ3v) is 5.32. The number of sulfonamides is 1. The molecule has 0 aliphatic heterocycles. The van der Waals surface area contributed by atoms with Gasteiger partial charge in [0.2, 0.25) is 15.9 Å². The minimum absolute atomic E-state index is 0.123. The van der Waals surface area contributed by atoms with E-state index in [9.17, 15) is 22.0 Å². The number of hydrogen-bond acceptors (Lipinski definition) is 3. The van der Waals surface area contributed by atoms with E-state index in [0.29, 0.717) is 0 Å². The van der Waals surface area contributed by atoms with E-state index in [4.69, 9.17) is 0 Å². The predicted octanol–water partition coefficient (Wildman–Crippen LogP) is 3.20. The van der Waals surface area contributed by atoms with E-state index in [1.807, 2.05) is 42.5 Å². The zero-order valence-corrected chi connectivity index (χ0v) is 15.8. The molecular weight excluding hydrogens is 386 g/mol. The molecule has 0 unspecified atom stereocenters. The first kappa shape index (κ1) is 19.8. The van der Waals surface area contributed by atoms with Gasteiger partial charge in [0, 0.05) is 12.6 Å². The number of halogens is 2. The molecule has 0 radical (unpaired) electrons. The van der Waals surface area contributed by atoms with E-state index in [2.05, 4.69) is 5.32 Å². The van der Waals surface area contributed by atoms with Crippen LogP contribution in [0.4, 0.5) is 14.5 Å². The highest BCUT2D eigenvalue weighted by Gasteiger charge is 2.22. The summed E-state index contributed by atoms with van der Waals surface area (Å²) >= 11 is 0. The number of fused-ring (bicyclic) bond motifs is 1. The van der Waals surface area contributed by atoms with Crippen LogP contribution in [-0.2, 0) is 21.4 Å². The van der Waals surface area contributed by atoms with Gasteiger partial charge in [0.05, 0.1) is 11.9 Å². The number of nitrogens with zero attached hydrogens (tertiary/aromatic N) is 1. The van der Waals surface area contributed by atoms with Crippen LogP contribution in [0.3, 0.4) is 0 Å². The molecule has 146 valence electrons. The van der Waals surface area contributed by atoms with Crippen molar-refractivity contribution < 1.29 is 22.0 Å².